The van der Waals surface area contributed by atoms with Gasteiger partial charge in [-0.25, -0.2) is 0 Å². The van der Waals surface area contributed by atoms with Gasteiger partial charge in [-0.15, -0.1) is 0 Å². The highest BCUT2D eigenvalue weighted by Crippen LogP contribution is 2.37. The van der Waals surface area contributed by atoms with Crippen molar-refractivity contribution in [2.75, 3.05) is 106 Å². The molecule has 3 N–H and O–H groups in total. The standard InChI is InChI=1S/C116H208N4O8/c1-9-17-25-33-41-49-57-65-85-121-93-77-102-101-113-106(81-97-125-89-69-61-53-45-37-29-21-13-5)111-74-73-109(117-111)105(80-96-124-88-68-60-52-44-36-28-20-12-4)110-75-76-112(118-110)107(82-98-126-90-70-62-54-46-38-30-22-14-6)115-103(78-94-122-86-66-58-50-42-34-26-18-10-2)104(79-95-123-87-67-59-51-43-35-27-19-11-3)116(120(115)84-100-128-92-72-64-56-48-40-32-24-16-8)108(114(102)119-113)83-99-127-91-71-63-55-47-39-31-23-15-7/h73-76,101,117-119H,9-72,77-100H2,1-8H3. The van der Waals surface area contributed by atoms with E-state index in [2.05, 4.69) is 105 Å². The van der Waals surface area contributed by atoms with Gasteiger partial charge >= 0.3 is 0 Å². The molecule has 0 unspecified atom stereocenters. The molecule has 0 atom stereocenters. The van der Waals surface area contributed by atoms with Gasteiger partial charge in [-0.05, 0) is 143 Å². The van der Waals surface area contributed by atoms with E-state index < -0.39 is 0 Å². The Kier molecular flexibility index (Phi) is 75.2. The molecule has 5 heterocycles. The first-order valence-electron chi connectivity index (χ1n) is 56.4. The summed E-state index contributed by atoms with van der Waals surface area (Å²) in [5.41, 5.74) is 14.1. The van der Waals surface area contributed by atoms with Crippen molar-refractivity contribution in [3.63, 3.8) is 0 Å². The third kappa shape index (κ3) is 54.1. The summed E-state index contributed by atoms with van der Waals surface area (Å²) in [6.45, 7) is 30.5. The highest BCUT2D eigenvalue weighted by molar-refractivity contribution is 5.77. The van der Waals surface area contributed by atoms with Crippen LogP contribution in [0.1, 0.15) is 531 Å². The van der Waals surface area contributed by atoms with Crippen LogP contribution in [0.15, 0.2) is 30.3 Å². The molecule has 1 aliphatic heterocycles. The van der Waals surface area contributed by atoms with Crippen molar-refractivity contribution >= 4 is 22.3 Å². The van der Waals surface area contributed by atoms with Crippen LogP contribution in [0.4, 0.5) is 0 Å². The molecule has 0 spiro atoms. The van der Waals surface area contributed by atoms with Crippen molar-refractivity contribution in [3.05, 3.63) is 91.2 Å². The van der Waals surface area contributed by atoms with Gasteiger partial charge in [0.15, 0.2) is 0 Å². The summed E-state index contributed by atoms with van der Waals surface area (Å²) in [5, 5.41) is 4.66. The van der Waals surface area contributed by atoms with E-state index >= 15 is 0 Å². The number of hydrogen-bond acceptors (Lipinski definition) is 8. The topological polar surface area (TPSA) is 126 Å². The molecular weight excluding hydrogens is 1580 g/mol. The van der Waals surface area contributed by atoms with Crippen molar-refractivity contribution in [2.45, 2.75) is 518 Å². The Labute approximate surface area is 789 Å². The molecule has 12 nitrogen and oxygen atoms in total. The minimum Gasteiger partial charge on any atom is -0.381 e. The lowest BCUT2D eigenvalue weighted by atomic mass is 9.95. The largest absolute Gasteiger partial charge is 0.381 e. The predicted molar refractivity (Wildman–Crippen MR) is 552 cm³/mol. The maximum atomic E-state index is 7.14. The van der Waals surface area contributed by atoms with Crippen LogP contribution in [-0.2, 0) is 63.7 Å². The van der Waals surface area contributed by atoms with Gasteiger partial charge in [0.05, 0.1) is 64.2 Å². The second-order valence-electron chi connectivity index (χ2n) is 38.8. The van der Waals surface area contributed by atoms with Crippen molar-refractivity contribution in [3.8, 4) is 0 Å². The second kappa shape index (κ2) is 83.8. The average molecular weight is 1790 g/mol. The van der Waals surface area contributed by atoms with E-state index in [1.54, 1.807) is 0 Å². The highest BCUT2D eigenvalue weighted by Gasteiger charge is 2.30. The van der Waals surface area contributed by atoms with E-state index in [4.69, 9.17) is 37.9 Å². The molecule has 8 bridgehead atoms. The van der Waals surface area contributed by atoms with E-state index in [0.29, 0.717) is 59.4 Å². The Morgan fingerprint density at radius 1 is 0.195 bits per heavy atom. The van der Waals surface area contributed by atoms with Crippen molar-refractivity contribution in [2.24, 2.45) is 0 Å². The zero-order valence-electron chi connectivity index (χ0n) is 85.8. The molecule has 0 saturated carbocycles. The molecule has 1 aliphatic rings. The molecule has 4 aromatic heterocycles. The summed E-state index contributed by atoms with van der Waals surface area (Å²) < 4.78 is 58.8. The molecule has 0 fully saturated rings. The normalized spacial score (nSPS) is 12.5. The molecule has 0 aromatic carbocycles. The number of ether oxygens (including phenoxy) is 8. The summed E-state index contributed by atoms with van der Waals surface area (Å²) in [6.07, 6.45) is 87.2. The number of H-pyrrole nitrogens is 3. The Bertz CT molecular complexity index is 3390. The summed E-state index contributed by atoms with van der Waals surface area (Å²) >= 11 is 0. The van der Waals surface area contributed by atoms with Crippen LogP contribution in [0.3, 0.4) is 0 Å². The van der Waals surface area contributed by atoms with Crippen molar-refractivity contribution < 1.29 is 37.9 Å². The van der Waals surface area contributed by atoms with Gasteiger partial charge in [-0.1, -0.05) is 415 Å². The first-order valence-corrected chi connectivity index (χ1v) is 56.4. The minimum absolute atomic E-state index is 0.603. The lowest BCUT2D eigenvalue weighted by molar-refractivity contribution is 0.121. The Morgan fingerprint density at radius 3 is 0.719 bits per heavy atom. The van der Waals surface area contributed by atoms with E-state index in [0.717, 1.165) is 177 Å². The monoisotopic (exact) mass is 1790 g/mol. The lowest BCUT2D eigenvalue weighted by Gasteiger charge is -2.20. The molecule has 128 heavy (non-hydrogen) atoms. The SMILES string of the molecule is CCCCCCCCCCOCCC1=c2ccc([nH]2)=C(CCOCCCCCCCCCC)c2c(CCOCCCCCCCCCC)c(CCOCCCCCCCCCC)c(n2CCOCCCCCCCCCC)C(CCOCCCCCCCCCC)=c2[nH]c(cc2CCOCCCCCCCCCC)=C(CCOCCCCCCCCCC)c2ccc1[nH]2. The van der Waals surface area contributed by atoms with Gasteiger partial charge in [-0.3, -0.25) is 0 Å². The molecule has 12 heteroatoms. The molecule has 0 aliphatic carbocycles. The average Bonchev–Trinajstić information content (AvgIpc) is 1.58. The van der Waals surface area contributed by atoms with Crippen LogP contribution in [0.5, 0.6) is 0 Å². The van der Waals surface area contributed by atoms with Crippen LogP contribution < -0.4 is 21.4 Å². The maximum absolute atomic E-state index is 7.14. The number of unbranched alkanes of at least 4 members (excludes halogenated alkanes) is 56. The smallest absolute Gasteiger partial charge is 0.0645 e. The van der Waals surface area contributed by atoms with E-state index in [1.807, 2.05) is 0 Å². The third-order valence-electron chi connectivity index (χ3n) is 27.3. The van der Waals surface area contributed by atoms with Crippen LogP contribution in [0, 0.1) is 0 Å². The Hall–Kier alpha value is -3.72. The van der Waals surface area contributed by atoms with E-state index in [9.17, 15) is 0 Å². The molecule has 740 valence electrons. The molecule has 0 amide bonds. The van der Waals surface area contributed by atoms with Crippen LogP contribution in [0.2, 0.25) is 0 Å². The molecule has 0 radical (unpaired) electrons. The predicted octanol–water partition coefficient (Wildman–Crippen LogP) is 31.0. The van der Waals surface area contributed by atoms with Crippen LogP contribution >= 0.6 is 0 Å². The van der Waals surface area contributed by atoms with E-state index in [1.165, 1.54) is 415 Å². The van der Waals surface area contributed by atoms with Crippen LogP contribution in [-0.4, -0.2) is 125 Å². The zero-order valence-corrected chi connectivity index (χ0v) is 85.8. The fourth-order valence-electron chi connectivity index (χ4n) is 19.3. The number of nitrogens with one attached hydrogen (secondary N) is 3. The first kappa shape index (κ1) is 115. The summed E-state index contributed by atoms with van der Waals surface area (Å²) in [5.74, 6) is 0. The fraction of sp³-hybridized carbons (Fsp3) is 0.828. The van der Waals surface area contributed by atoms with Crippen molar-refractivity contribution in [1.29, 1.82) is 0 Å². The van der Waals surface area contributed by atoms with Crippen molar-refractivity contribution in [1.82, 2.24) is 19.5 Å². The van der Waals surface area contributed by atoms with Gasteiger partial charge in [0.1, 0.15) is 0 Å². The van der Waals surface area contributed by atoms with Gasteiger partial charge < -0.3 is 57.4 Å². The summed E-state index contributed by atoms with van der Waals surface area (Å²) in [6, 6.07) is 12.1. The molecule has 5 rings (SSSR count). The van der Waals surface area contributed by atoms with Gasteiger partial charge in [-0.2, -0.15) is 0 Å². The third-order valence-corrected chi connectivity index (χ3v) is 27.3. The maximum Gasteiger partial charge on any atom is 0.0645 e. The Morgan fingerprint density at radius 2 is 0.422 bits per heavy atom. The number of aromatic nitrogens is 4. The first-order chi connectivity index (χ1) is 63.5. The molecule has 0 saturated heterocycles. The lowest BCUT2D eigenvalue weighted by Crippen LogP contribution is -2.24. The summed E-state index contributed by atoms with van der Waals surface area (Å²) in [4.78, 5) is 13.0. The number of aromatic amines is 3. The van der Waals surface area contributed by atoms with E-state index in [-0.39, 0.29) is 0 Å². The van der Waals surface area contributed by atoms with Crippen LogP contribution in [0.25, 0.3) is 22.3 Å². The second-order valence-corrected chi connectivity index (χ2v) is 38.8. The Balaban J connectivity index is 1.91. The molecule has 4 aromatic rings. The quantitative estimate of drug-likeness (QED) is 0.0373. The fourth-order valence-corrected chi connectivity index (χ4v) is 19.3. The van der Waals surface area contributed by atoms with Gasteiger partial charge in [0, 0.05) is 114 Å². The number of hydrogen-bond donors (Lipinski definition) is 3. The van der Waals surface area contributed by atoms with Gasteiger partial charge in [0.2, 0.25) is 0 Å². The zero-order chi connectivity index (χ0) is 90.8. The minimum atomic E-state index is 0.603. The number of fused-ring (bicyclic) bond motifs is 8. The summed E-state index contributed by atoms with van der Waals surface area (Å²) in [7, 11) is 0. The number of nitrogens with zero attached hydrogens (tertiary/aromatic N) is 1. The highest BCUT2D eigenvalue weighted by atomic mass is 16.5. The number of rotatable bonds is 96. The molecular formula is C116H208N4O8. The van der Waals surface area contributed by atoms with Gasteiger partial charge in [0.25, 0.3) is 0 Å².